The van der Waals surface area contributed by atoms with E-state index in [1.165, 1.54) is 12.1 Å². The summed E-state index contributed by atoms with van der Waals surface area (Å²) in [4.78, 5) is 0. The zero-order valence-corrected chi connectivity index (χ0v) is 11.9. The van der Waals surface area contributed by atoms with E-state index in [1.54, 1.807) is 13.0 Å². The molecule has 1 rings (SSSR count). The van der Waals surface area contributed by atoms with Gasteiger partial charge in [-0.1, -0.05) is 13.8 Å². The highest BCUT2D eigenvalue weighted by molar-refractivity contribution is 5.34. The Hall–Kier alpha value is -1.53. The molecule has 0 heterocycles. The van der Waals surface area contributed by atoms with Gasteiger partial charge in [-0.3, -0.25) is 0 Å². The van der Waals surface area contributed by atoms with Crippen LogP contribution >= 0.6 is 0 Å². The molecule has 104 valence electrons. The zero-order chi connectivity index (χ0) is 14.1. The third kappa shape index (κ3) is 6.26. The van der Waals surface area contributed by atoms with E-state index in [9.17, 15) is 4.39 Å². The van der Waals surface area contributed by atoms with Gasteiger partial charge in [0.25, 0.3) is 0 Å². The van der Waals surface area contributed by atoms with Crippen molar-refractivity contribution in [3.05, 3.63) is 29.6 Å². The van der Waals surface area contributed by atoms with Crippen LogP contribution in [0.15, 0.2) is 18.2 Å². The Kier molecular flexibility index (Phi) is 6.99. The molecule has 0 amide bonds. The van der Waals surface area contributed by atoms with Crippen molar-refractivity contribution in [2.24, 2.45) is 5.92 Å². The van der Waals surface area contributed by atoms with Crippen molar-refractivity contribution in [2.75, 3.05) is 13.2 Å². The molecule has 2 nitrogen and oxygen atoms in total. The summed E-state index contributed by atoms with van der Waals surface area (Å²) in [6.07, 6.45) is 0.687. The maximum absolute atomic E-state index is 13.3. The van der Waals surface area contributed by atoms with Crippen LogP contribution in [0, 0.1) is 23.6 Å². The minimum Gasteiger partial charge on any atom is -0.492 e. The molecular weight excluding hydrogens is 241 g/mol. The molecule has 0 aromatic heterocycles. The van der Waals surface area contributed by atoms with Gasteiger partial charge in [-0.05, 0) is 37.6 Å². The smallest absolute Gasteiger partial charge is 0.124 e. The number of ether oxygens (including phenoxy) is 1. The van der Waals surface area contributed by atoms with E-state index < -0.39 is 0 Å². The van der Waals surface area contributed by atoms with Gasteiger partial charge in [0.05, 0.1) is 6.61 Å². The summed E-state index contributed by atoms with van der Waals surface area (Å²) in [6, 6.07) is 4.63. The first-order valence-electron chi connectivity index (χ1n) is 6.65. The lowest BCUT2D eigenvalue weighted by molar-refractivity contribution is 0.322. The summed E-state index contributed by atoms with van der Waals surface area (Å²) in [5.41, 5.74) is 0.852. The molecule has 0 radical (unpaired) electrons. The van der Waals surface area contributed by atoms with Crippen LogP contribution in [0.4, 0.5) is 4.39 Å². The summed E-state index contributed by atoms with van der Waals surface area (Å²) in [6.45, 7) is 8.13. The molecule has 1 aromatic carbocycles. The Balaban J connectivity index is 2.59. The number of hydrogen-bond acceptors (Lipinski definition) is 2. The Labute approximate surface area is 115 Å². The molecule has 0 aliphatic rings. The number of hydrogen-bond donors (Lipinski definition) is 1. The largest absolute Gasteiger partial charge is 0.492 e. The molecule has 0 aliphatic carbocycles. The molecule has 1 aromatic rings. The molecule has 0 fully saturated rings. The predicted octanol–water partition coefficient (Wildman–Crippen LogP) is 3.36. The Bertz CT molecular complexity index is 446. The standard InChI is InChI=1S/C16H22FNO/c1-4-5-6-9-19-16-8-7-15(17)10-14(16)12-18-11-13(2)3/h7-8,10,13,18H,6,9,11-12H2,1-3H3. The molecule has 0 unspecified atom stereocenters. The molecule has 0 saturated carbocycles. The molecule has 19 heavy (non-hydrogen) atoms. The predicted molar refractivity (Wildman–Crippen MR) is 76.5 cm³/mol. The van der Waals surface area contributed by atoms with Crippen molar-refractivity contribution in [2.45, 2.75) is 33.7 Å². The van der Waals surface area contributed by atoms with E-state index in [1.807, 2.05) is 0 Å². The molecule has 1 N–H and O–H groups in total. The average molecular weight is 263 g/mol. The number of benzene rings is 1. The van der Waals surface area contributed by atoms with Gasteiger partial charge in [0, 0.05) is 18.5 Å². The molecule has 0 atom stereocenters. The van der Waals surface area contributed by atoms with Crippen LogP contribution in [0.25, 0.3) is 0 Å². The summed E-state index contributed by atoms with van der Waals surface area (Å²) in [5.74, 6) is 6.83. The van der Waals surface area contributed by atoms with Crippen LogP contribution in [-0.4, -0.2) is 13.2 Å². The topological polar surface area (TPSA) is 21.3 Å². The molecule has 0 spiro atoms. The fourth-order valence-corrected chi connectivity index (χ4v) is 1.66. The van der Waals surface area contributed by atoms with Gasteiger partial charge in [-0.15, -0.1) is 11.8 Å². The number of rotatable bonds is 7. The number of halogens is 1. The van der Waals surface area contributed by atoms with Crippen LogP contribution in [-0.2, 0) is 6.54 Å². The second-order valence-corrected chi connectivity index (χ2v) is 4.80. The first-order chi connectivity index (χ1) is 9.13. The molecular formula is C16H22FNO. The van der Waals surface area contributed by atoms with Crippen LogP contribution in [0.2, 0.25) is 0 Å². The molecule has 0 saturated heterocycles. The highest BCUT2D eigenvalue weighted by Gasteiger charge is 2.05. The van der Waals surface area contributed by atoms with E-state index in [0.717, 1.165) is 17.9 Å². The van der Waals surface area contributed by atoms with E-state index in [0.29, 0.717) is 25.5 Å². The summed E-state index contributed by atoms with van der Waals surface area (Å²) < 4.78 is 18.9. The summed E-state index contributed by atoms with van der Waals surface area (Å²) in [5, 5.41) is 3.30. The SMILES string of the molecule is CC#CCCOc1ccc(F)cc1CNCC(C)C. The summed E-state index contributed by atoms with van der Waals surface area (Å²) >= 11 is 0. The zero-order valence-electron chi connectivity index (χ0n) is 11.9. The van der Waals surface area contributed by atoms with Crippen molar-refractivity contribution in [1.82, 2.24) is 5.32 Å². The van der Waals surface area contributed by atoms with Crippen molar-refractivity contribution in [3.8, 4) is 17.6 Å². The van der Waals surface area contributed by atoms with Crippen LogP contribution in [0.5, 0.6) is 5.75 Å². The van der Waals surface area contributed by atoms with Gasteiger partial charge < -0.3 is 10.1 Å². The van der Waals surface area contributed by atoms with Crippen molar-refractivity contribution in [3.63, 3.8) is 0 Å². The van der Waals surface area contributed by atoms with Crippen molar-refractivity contribution >= 4 is 0 Å². The van der Waals surface area contributed by atoms with Crippen LogP contribution < -0.4 is 10.1 Å². The van der Waals surface area contributed by atoms with Gasteiger partial charge in [-0.2, -0.15) is 0 Å². The maximum Gasteiger partial charge on any atom is 0.124 e. The first-order valence-corrected chi connectivity index (χ1v) is 6.65. The van der Waals surface area contributed by atoms with Gasteiger partial charge >= 0.3 is 0 Å². The van der Waals surface area contributed by atoms with Crippen molar-refractivity contribution < 1.29 is 9.13 Å². The quantitative estimate of drug-likeness (QED) is 0.601. The highest BCUT2D eigenvalue weighted by atomic mass is 19.1. The minimum atomic E-state index is -0.234. The number of nitrogens with one attached hydrogen (secondary N) is 1. The van der Waals surface area contributed by atoms with Gasteiger partial charge in [0.15, 0.2) is 0 Å². The monoisotopic (exact) mass is 263 g/mol. The molecule has 3 heteroatoms. The Morgan fingerprint density at radius 1 is 1.37 bits per heavy atom. The molecule has 0 aliphatic heterocycles. The van der Waals surface area contributed by atoms with Gasteiger partial charge in [0.2, 0.25) is 0 Å². The maximum atomic E-state index is 13.3. The van der Waals surface area contributed by atoms with E-state index in [2.05, 4.69) is 31.0 Å². The Morgan fingerprint density at radius 3 is 2.84 bits per heavy atom. The lowest BCUT2D eigenvalue weighted by Gasteiger charge is -2.12. The van der Waals surface area contributed by atoms with E-state index >= 15 is 0 Å². The lowest BCUT2D eigenvalue weighted by atomic mass is 10.1. The third-order valence-corrected chi connectivity index (χ3v) is 2.55. The second-order valence-electron chi connectivity index (χ2n) is 4.80. The van der Waals surface area contributed by atoms with E-state index in [-0.39, 0.29) is 5.82 Å². The third-order valence-electron chi connectivity index (χ3n) is 2.55. The van der Waals surface area contributed by atoms with E-state index in [4.69, 9.17) is 4.74 Å². The summed E-state index contributed by atoms with van der Waals surface area (Å²) in [7, 11) is 0. The van der Waals surface area contributed by atoms with Crippen LogP contribution in [0.1, 0.15) is 32.8 Å². The fraction of sp³-hybridized carbons (Fsp3) is 0.500. The van der Waals surface area contributed by atoms with Gasteiger partial charge in [-0.25, -0.2) is 4.39 Å². The second kappa shape index (κ2) is 8.55. The average Bonchev–Trinajstić information content (AvgIpc) is 2.36. The van der Waals surface area contributed by atoms with Crippen LogP contribution in [0.3, 0.4) is 0 Å². The van der Waals surface area contributed by atoms with Crippen molar-refractivity contribution in [1.29, 1.82) is 0 Å². The lowest BCUT2D eigenvalue weighted by Crippen LogP contribution is -2.19. The van der Waals surface area contributed by atoms with Gasteiger partial charge in [0.1, 0.15) is 11.6 Å². The first kappa shape index (κ1) is 15.5. The Morgan fingerprint density at radius 2 is 2.16 bits per heavy atom. The minimum absolute atomic E-state index is 0.234. The normalized spacial score (nSPS) is 10.2. The molecule has 0 bridgehead atoms. The fourth-order valence-electron chi connectivity index (χ4n) is 1.66. The highest BCUT2D eigenvalue weighted by Crippen LogP contribution is 2.19.